The van der Waals surface area contributed by atoms with Crippen LogP contribution in [0.15, 0.2) is 21.2 Å². The minimum absolute atomic E-state index is 0.110. The van der Waals surface area contributed by atoms with Crippen molar-refractivity contribution in [1.29, 1.82) is 0 Å². The molecule has 0 unspecified atom stereocenters. The molecule has 0 spiro atoms. The number of aliphatic hydroxyl groups excluding tert-OH is 1. The Labute approximate surface area is 104 Å². The van der Waals surface area contributed by atoms with Gasteiger partial charge in [0.15, 0.2) is 0 Å². The van der Waals surface area contributed by atoms with Crippen LogP contribution in [0, 0.1) is 5.41 Å². The van der Waals surface area contributed by atoms with E-state index in [4.69, 9.17) is 4.42 Å². The van der Waals surface area contributed by atoms with Crippen LogP contribution in [-0.4, -0.2) is 18.3 Å². The third-order valence-electron chi connectivity index (χ3n) is 3.48. The Morgan fingerprint density at radius 1 is 1.44 bits per heavy atom. The lowest BCUT2D eigenvalue weighted by Crippen LogP contribution is -2.34. The molecule has 2 N–H and O–H groups in total. The van der Waals surface area contributed by atoms with Gasteiger partial charge in [-0.15, -0.1) is 0 Å². The maximum atomic E-state index is 9.46. The molecule has 2 rings (SSSR count). The summed E-state index contributed by atoms with van der Waals surface area (Å²) in [7, 11) is 0. The molecule has 0 amide bonds. The molecule has 0 saturated heterocycles. The molecule has 1 heterocycles. The number of furan rings is 1. The molecule has 0 radical (unpaired) electrons. The first kappa shape index (κ1) is 12.1. The molecule has 0 aliphatic heterocycles. The van der Waals surface area contributed by atoms with Gasteiger partial charge in [-0.2, -0.15) is 0 Å². The van der Waals surface area contributed by atoms with Crippen molar-refractivity contribution in [3.8, 4) is 0 Å². The van der Waals surface area contributed by atoms with Crippen molar-refractivity contribution in [1.82, 2.24) is 5.32 Å². The molecule has 1 aliphatic rings. The van der Waals surface area contributed by atoms with Crippen molar-refractivity contribution in [2.45, 2.75) is 32.2 Å². The Bertz CT molecular complexity index is 332. The van der Waals surface area contributed by atoms with Crippen LogP contribution in [0.2, 0.25) is 0 Å². The van der Waals surface area contributed by atoms with Crippen LogP contribution in [0.4, 0.5) is 0 Å². The number of hydrogen-bond donors (Lipinski definition) is 2. The average molecular weight is 288 g/mol. The Balaban J connectivity index is 1.81. The van der Waals surface area contributed by atoms with Gasteiger partial charge in [-0.1, -0.05) is 12.8 Å². The molecule has 1 aliphatic carbocycles. The molecule has 90 valence electrons. The minimum atomic E-state index is 0.110. The van der Waals surface area contributed by atoms with E-state index in [0.717, 1.165) is 36.2 Å². The first-order chi connectivity index (χ1) is 7.76. The van der Waals surface area contributed by atoms with Gasteiger partial charge >= 0.3 is 0 Å². The van der Waals surface area contributed by atoms with Gasteiger partial charge in [-0.25, -0.2) is 0 Å². The zero-order chi connectivity index (χ0) is 11.4. The quantitative estimate of drug-likeness (QED) is 0.875. The van der Waals surface area contributed by atoms with Crippen molar-refractivity contribution in [3.63, 3.8) is 0 Å². The normalized spacial score (nSPS) is 19.1. The molecule has 0 bridgehead atoms. The van der Waals surface area contributed by atoms with E-state index in [1.165, 1.54) is 12.8 Å². The predicted molar refractivity (Wildman–Crippen MR) is 66.1 cm³/mol. The Hall–Kier alpha value is -0.320. The Kier molecular flexibility index (Phi) is 4.05. The molecular formula is C12H18BrNO2. The van der Waals surface area contributed by atoms with Crippen molar-refractivity contribution in [3.05, 3.63) is 22.6 Å². The summed E-state index contributed by atoms with van der Waals surface area (Å²) in [6, 6.07) is 1.90. The van der Waals surface area contributed by atoms with E-state index >= 15 is 0 Å². The molecule has 1 aromatic heterocycles. The summed E-state index contributed by atoms with van der Waals surface area (Å²) in [6.07, 6.45) is 6.43. The zero-order valence-corrected chi connectivity index (χ0v) is 10.9. The Morgan fingerprint density at radius 2 is 2.19 bits per heavy atom. The van der Waals surface area contributed by atoms with Crippen LogP contribution >= 0.6 is 15.9 Å². The van der Waals surface area contributed by atoms with Crippen LogP contribution < -0.4 is 5.32 Å². The largest absolute Gasteiger partial charge is 0.467 e. The smallest absolute Gasteiger partial charge is 0.131 e. The number of hydrogen-bond acceptors (Lipinski definition) is 3. The summed E-state index contributed by atoms with van der Waals surface area (Å²) < 4.78 is 6.33. The maximum Gasteiger partial charge on any atom is 0.131 e. The van der Waals surface area contributed by atoms with E-state index in [0.29, 0.717) is 6.61 Å². The van der Waals surface area contributed by atoms with Crippen molar-refractivity contribution >= 4 is 15.9 Å². The fourth-order valence-corrected chi connectivity index (χ4v) is 2.75. The van der Waals surface area contributed by atoms with Gasteiger partial charge in [0.05, 0.1) is 17.3 Å². The average Bonchev–Trinajstić information content (AvgIpc) is 2.90. The highest BCUT2D eigenvalue weighted by Gasteiger charge is 2.32. The summed E-state index contributed by atoms with van der Waals surface area (Å²) in [5.41, 5.74) is 0.110. The minimum Gasteiger partial charge on any atom is -0.467 e. The molecule has 4 heteroatoms. The number of rotatable bonds is 5. The SMILES string of the molecule is OCC1(CNCc2occc2Br)CCCC1. The van der Waals surface area contributed by atoms with Gasteiger partial charge < -0.3 is 14.8 Å². The molecule has 0 aromatic carbocycles. The summed E-state index contributed by atoms with van der Waals surface area (Å²) in [6.45, 7) is 1.88. The van der Waals surface area contributed by atoms with Gasteiger partial charge in [0.1, 0.15) is 5.76 Å². The van der Waals surface area contributed by atoms with Gasteiger partial charge in [0, 0.05) is 18.6 Å². The number of nitrogens with one attached hydrogen (secondary N) is 1. The third kappa shape index (κ3) is 2.67. The summed E-state index contributed by atoms with van der Waals surface area (Å²) in [5.74, 6) is 0.922. The van der Waals surface area contributed by atoms with Crippen LogP contribution in [0.25, 0.3) is 0 Å². The summed E-state index contributed by atoms with van der Waals surface area (Å²) in [4.78, 5) is 0. The second kappa shape index (κ2) is 5.34. The monoisotopic (exact) mass is 287 g/mol. The zero-order valence-electron chi connectivity index (χ0n) is 9.34. The molecule has 0 atom stereocenters. The Morgan fingerprint density at radius 3 is 2.75 bits per heavy atom. The molecule has 1 saturated carbocycles. The van der Waals surface area contributed by atoms with E-state index in [1.54, 1.807) is 6.26 Å². The van der Waals surface area contributed by atoms with Crippen LogP contribution in [-0.2, 0) is 6.54 Å². The van der Waals surface area contributed by atoms with Gasteiger partial charge in [0.2, 0.25) is 0 Å². The van der Waals surface area contributed by atoms with Crippen LogP contribution in [0.5, 0.6) is 0 Å². The summed E-state index contributed by atoms with van der Waals surface area (Å²) >= 11 is 3.43. The van der Waals surface area contributed by atoms with E-state index in [1.807, 2.05) is 6.07 Å². The van der Waals surface area contributed by atoms with Gasteiger partial charge in [-0.05, 0) is 34.8 Å². The second-order valence-electron chi connectivity index (χ2n) is 4.66. The number of aliphatic hydroxyl groups is 1. The molecule has 3 nitrogen and oxygen atoms in total. The fourth-order valence-electron chi connectivity index (χ4n) is 2.41. The van der Waals surface area contributed by atoms with Crippen molar-refractivity contribution < 1.29 is 9.52 Å². The van der Waals surface area contributed by atoms with E-state index < -0.39 is 0 Å². The van der Waals surface area contributed by atoms with Gasteiger partial charge in [-0.3, -0.25) is 0 Å². The lowest BCUT2D eigenvalue weighted by molar-refractivity contribution is 0.127. The third-order valence-corrected chi connectivity index (χ3v) is 4.18. The van der Waals surface area contributed by atoms with Crippen molar-refractivity contribution in [2.75, 3.05) is 13.2 Å². The number of halogens is 1. The molecule has 1 fully saturated rings. The van der Waals surface area contributed by atoms with E-state index in [2.05, 4.69) is 21.2 Å². The summed E-state index contributed by atoms with van der Waals surface area (Å²) in [5, 5.41) is 12.8. The van der Waals surface area contributed by atoms with E-state index in [9.17, 15) is 5.11 Å². The molecule has 16 heavy (non-hydrogen) atoms. The van der Waals surface area contributed by atoms with Crippen molar-refractivity contribution in [2.24, 2.45) is 5.41 Å². The first-order valence-electron chi connectivity index (χ1n) is 5.79. The lowest BCUT2D eigenvalue weighted by Gasteiger charge is -2.26. The lowest BCUT2D eigenvalue weighted by atomic mass is 9.87. The second-order valence-corrected chi connectivity index (χ2v) is 5.51. The van der Waals surface area contributed by atoms with Crippen LogP contribution in [0.3, 0.4) is 0 Å². The van der Waals surface area contributed by atoms with Crippen LogP contribution in [0.1, 0.15) is 31.4 Å². The van der Waals surface area contributed by atoms with E-state index in [-0.39, 0.29) is 5.41 Å². The molecular weight excluding hydrogens is 270 g/mol. The van der Waals surface area contributed by atoms with Gasteiger partial charge in [0.25, 0.3) is 0 Å². The molecule has 1 aromatic rings. The highest BCUT2D eigenvalue weighted by molar-refractivity contribution is 9.10. The highest BCUT2D eigenvalue weighted by Crippen LogP contribution is 2.36. The first-order valence-corrected chi connectivity index (χ1v) is 6.58. The standard InChI is InChI=1S/C12H18BrNO2/c13-10-3-6-16-11(10)7-14-8-12(9-15)4-1-2-5-12/h3,6,14-15H,1-2,4-5,7-9H2. The predicted octanol–water partition coefficient (Wildman–Crippen LogP) is 2.68. The fraction of sp³-hybridized carbons (Fsp3) is 0.667. The maximum absolute atomic E-state index is 9.46. The topological polar surface area (TPSA) is 45.4 Å². The highest BCUT2D eigenvalue weighted by atomic mass is 79.9.